The molecule has 1 aromatic carbocycles. The fourth-order valence-corrected chi connectivity index (χ4v) is 2.48. The lowest BCUT2D eigenvalue weighted by molar-refractivity contribution is 0.179. The molecule has 0 atom stereocenters. The van der Waals surface area contributed by atoms with E-state index in [2.05, 4.69) is 12.2 Å². The number of hydrogen-bond acceptors (Lipinski definition) is 4. The molecule has 2 amide bonds. The minimum Gasteiger partial charge on any atom is -0.383 e. The lowest BCUT2D eigenvalue weighted by Gasteiger charge is -2.27. The van der Waals surface area contributed by atoms with E-state index in [0.717, 1.165) is 24.7 Å². The van der Waals surface area contributed by atoms with Crippen LogP contribution in [0.3, 0.4) is 0 Å². The van der Waals surface area contributed by atoms with Gasteiger partial charge < -0.3 is 14.4 Å². The molecule has 0 aliphatic rings. The van der Waals surface area contributed by atoms with Crippen molar-refractivity contribution in [3.05, 3.63) is 29.8 Å². The number of nitrogens with zero attached hydrogens (tertiary/aromatic N) is 1. The van der Waals surface area contributed by atoms with Crippen LogP contribution in [0.2, 0.25) is 0 Å². The average molecular weight is 342 g/mol. The molecule has 0 heterocycles. The van der Waals surface area contributed by atoms with Crippen LogP contribution in [-0.4, -0.2) is 38.2 Å². The number of hydrogen-bond donors (Lipinski definition) is 1. The van der Waals surface area contributed by atoms with Crippen molar-refractivity contribution >= 4 is 16.1 Å². The highest BCUT2D eigenvalue weighted by molar-refractivity contribution is 7.86. The zero-order valence-corrected chi connectivity index (χ0v) is 15.0. The third kappa shape index (κ3) is 7.36. The molecule has 0 aromatic heterocycles. The molecule has 7 heteroatoms. The monoisotopic (exact) mass is 342 g/mol. The number of benzene rings is 1. The van der Waals surface area contributed by atoms with Crippen LogP contribution in [0.1, 0.15) is 39.2 Å². The van der Waals surface area contributed by atoms with Gasteiger partial charge in [0.15, 0.2) is 0 Å². The smallest absolute Gasteiger partial charge is 0.317 e. The molecule has 0 radical (unpaired) electrons. The minimum atomic E-state index is -3.56. The highest BCUT2D eigenvalue weighted by Crippen LogP contribution is 2.17. The van der Waals surface area contributed by atoms with Crippen molar-refractivity contribution in [3.63, 3.8) is 0 Å². The first kappa shape index (κ1) is 19.3. The van der Waals surface area contributed by atoms with Crippen LogP contribution >= 0.6 is 0 Å². The molecule has 0 bridgehead atoms. The third-order valence-corrected chi connectivity index (χ3v) is 3.68. The summed E-state index contributed by atoms with van der Waals surface area (Å²) in [6.45, 7) is 6.98. The lowest BCUT2D eigenvalue weighted by atomic mass is 10.2. The third-order valence-electron chi connectivity index (χ3n) is 3.19. The summed E-state index contributed by atoms with van der Waals surface area (Å²) in [5.41, 5.74) is 0.811. The van der Waals surface area contributed by atoms with E-state index in [4.69, 9.17) is 4.18 Å². The van der Waals surface area contributed by atoms with Crippen molar-refractivity contribution in [1.29, 1.82) is 0 Å². The van der Waals surface area contributed by atoms with Crippen LogP contribution in [0.15, 0.2) is 24.3 Å². The Morgan fingerprint density at radius 3 is 2.61 bits per heavy atom. The van der Waals surface area contributed by atoms with Gasteiger partial charge in [-0.05, 0) is 38.0 Å². The normalized spacial score (nSPS) is 11.3. The summed E-state index contributed by atoms with van der Waals surface area (Å²) >= 11 is 0. The summed E-state index contributed by atoms with van der Waals surface area (Å²) in [4.78, 5) is 14.0. The van der Waals surface area contributed by atoms with Crippen LogP contribution in [0.25, 0.3) is 0 Å². The van der Waals surface area contributed by atoms with E-state index in [1.54, 1.807) is 23.1 Å². The maximum Gasteiger partial charge on any atom is 0.317 e. The van der Waals surface area contributed by atoms with Gasteiger partial charge in [0.2, 0.25) is 0 Å². The van der Waals surface area contributed by atoms with E-state index in [1.165, 1.54) is 0 Å². The Morgan fingerprint density at radius 1 is 1.35 bits per heavy atom. The Morgan fingerprint density at radius 2 is 2.04 bits per heavy atom. The molecular formula is C16H26N2O4S. The van der Waals surface area contributed by atoms with Gasteiger partial charge in [-0.3, -0.25) is 0 Å². The van der Waals surface area contributed by atoms with Crippen LogP contribution in [-0.2, 0) is 16.7 Å². The summed E-state index contributed by atoms with van der Waals surface area (Å²) in [6.07, 6.45) is 2.96. The van der Waals surface area contributed by atoms with Gasteiger partial charge in [-0.1, -0.05) is 25.5 Å². The fourth-order valence-electron chi connectivity index (χ4n) is 2.03. The lowest BCUT2D eigenvalue weighted by Crippen LogP contribution is -2.43. The van der Waals surface area contributed by atoms with Crippen molar-refractivity contribution in [3.8, 4) is 5.75 Å². The highest BCUT2D eigenvalue weighted by Gasteiger charge is 2.17. The second-order valence-electron chi connectivity index (χ2n) is 5.74. The first-order valence-electron chi connectivity index (χ1n) is 7.75. The first-order chi connectivity index (χ1) is 10.7. The van der Waals surface area contributed by atoms with E-state index in [1.807, 2.05) is 19.9 Å². The van der Waals surface area contributed by atoms with Gasteiger partial charge in [-0.25, -0.2) is 4.79 Å². The molecule has 0 aliphatic carbocycles. The molecule has 0 saturated carbocycles. The molecule has 0 spiro atoms. The van der Waals surface area contributed by atoms with Crippen molar-refractivity contribution in [1.82, 2.24) is 10.2 Å². The highest BCUT2D eigenvalue weighted by atomic mass is 32.2. The zero-order valence-electron chi connectivity index (χ0n) is 14.2. The zero-order chi connectivity index (χ0) is 17.5. The molecule has 1 N–H and O–H groups in total. The van der Waals surface area contributed by atoms with Crippen molar-refractivity contribution < 1.29 is 17.4 Å². The molecule has 130 valence electrons. The number of nitrogens with one attached hydrogen (secondary N) is 1. The van der Waals surface area contributed by atoms with Crippen LogP contribution < -0.4 is 9.50 Å². The van der Waals surface area contributed by atoms with E-state index in [9.17, 15) is 13.2 Å². The molecule has 6 nitrogen and oxygen atoms in total. The first-order valence-corrected chi connectivity index (χ1v) is 9.57. The van der Waals surface area contributed by atoms with Crippen molar-refractivity contribution in [2.24, 2.45) is 0 Å². The molecule has 0 fully saturated rings. The fraction of sp³-hybridized carbons (Fsp3) is 0.562. The SMILES string of the molecule is CCCCNC(=O)N(Cc1cccc(OS(C)(=O)=O)c1)C(C)C. The van der Waals surface area contributed by atoms with Crippen LogP contribution in [0.5, 0.6) is 5.75 Å². The Balaban J connectivity index is 2.80. The topological polar surface area (TPSA) is 75.7 Å². The van der Waals surface area contributed by atoms with Crippen molar-refractivity contribution in [2.45, 2.75) is 46.2 Å². The van der Waals surface area contributed by atoms with Gasteiger partial charge in [0.25, 0.3) is 0 Å². The second-order valence-corrected chi connectivity index (χ2v) is 7.32. The van der Waals surface area contributed by atoms with Gasteiger partial charge in [0.05, 0.1) is 6.26 Å². The summed E-state index contributed by atoms with van der Waals surface area (Å²) in [6, 6.07) is 6.66. The molecule has 1 aromatic rings. The van der Waals surface area contributed by atoms with E-state index in [-0.39, 0.29) is 17.8 Å². The summed E-state index contributed by atoms with van der Waals surface area (Å²) in [5, 5.41) is 2.90. The van der Waals surface area contributed by atoms with Crippen LogP contribution in [0, 0.1) is 0 Å². The number of carbonyl (C=O) groups excluding carboxylic acids is 1. The maximum absolute atomic E-state index is 12.3. The van der Waals surface area contributed by atoms with Gasteiger partial charge in [0.1, 0.15) is 5.75 Å². The quantitative estimate of drug-likeness (QED) is 0.582. The van der Waals surface area contributed by atoms with E-state index < -0.39 is 10.1 Å². The standard InChI is InChI=1S/C16H26N2O4S/c1-5-6-10-17-16(19)18(13(2)3)12-14-8-7-9-15(11-14)22-23(4,20)21/h7-9,11,13H,5-6,10,12H2,1-4H3,(H,17,19). The van der Waals surface area contributed by atoms with Crippen molar-refractivity contribution in [2.75, 3.05) is 12.8 Å². The minimum absolute atomic E-state index is 0.0242. The number of carbonyl (C=O) groups is 1. The molecule has 0 saturated heterocycles. The Kier molecular flexibility index (Phi) is 7.35. The predicted molar refractivity (Wildman–Crippen MR) is 90.9 cm³/mol. The molecule has 0 unspecified atom stereocenters. The van der Waals surface area contributed by atoms with Gasteiger partial charge >= 0.3 is 16.1 Å². The molecular weight excluding hydrogens is 316 g/mol. The Hall–Kier alpha value is -1.76. The maximum atomic E-state index is 12.3. The molecule has 0 aliphatic heterocycles. The largest absolute Gasteiger partial charge is 0.383 e. The average Bonchev–Trinajstić information content (AvgIpc) is 2.43. The summed E-state index contributed by atoms with van der Waals surface area (Å²) < 4.78 is 27.3. The summed E-state index contributed by atoms with van der Waals surface area (Å²) in [7, 11) is -3.56. The number of urea groups is 1. The number of rotatable bonds is 8. The van der Waals surface area contributed by atoms with Gasteiger partial charge in [-0.2, -0.15) is 8.42 Å². The summed E-state index contributed by atoms with van der Waals surface area (Å²) in [5.74, 6) is 0.250. The second kappa shape index (κ2) is 8.76. The van der Waals surface area contributed by atoms with Crippen LogP contribution in [0.4, 0.5) is 4.79 Å². The number of amides is 2. The Bertz CT molecular complexity index is 614. The number of unbranched alkanes of at least 4 members (excludes halogenated alkanes) is 1. The molecule has 1 rings (SSSR count). The van der Waals surface area contributed by atoms with Gasteiger partial charge in [0, 0.05) is 19.1 Å². The molecule has 23 heavy (non-hydrogen) atoms. The Labute approximate surface area is 138 Å². The van der Waals surface area contributed by atoms with E-state index >= 15 is 0 Å². The van der Waals surface area contributed by atoms with E-state index in [0.29, 0.717) is 13.1 Å². The van der Waals surface area contributed by atoms with Gasteiger partial charge in [-0.15, -0.1) is 0 Å². The predicted octanol–water partition coefficient (Wildman–Crippen LogP) is 2.75.